The molecule has 0 radical (unpaired) electrons. The molecule has 1 aromatic carbocycles. The van der Waals surface area contributed by atoms with Crippen molar-refractivity contribution >= 4 is 10.0 Å². The summed E-state index contributed by atoms with van der Waals surface area (Å²) in [5, 5.41) is 0. The van der Waals surface area contributed by atoms with E-state index in [1.54, 1.807) is 25.2 Å². The Bertz CT molecular complexity index is 581. The zero-order chi connectivity index (χ0) is 15.5. The number of hydrogen-bond donors (Lipinski definition) is 1. The fraction of sp³-hybridized carbons (Fsp3) is 0.600. The minimum Gasteiger partial charge on any atom is -0.495 e. The van der Waals surface area contributed by atoms with Crippen molar-refractivity contribution in [2.24, 2.45) is 11.7 Å². The highest BCUT2D eigenvalue weighted by atomic mass is 32.2. The second kappa shape index (κ2) is 6.77. The van der Waals surface area contributed by atoms with Crippen molar-refractivity contribution in [3.63, 3.8) is 0 Å². The lowest BCUT2D eigenvalue weighted by Gasteiger charge is -2.22. The van der Waals surface area contributed by atoms with E-state index in [2.05, 4.69) is 0 Å². The van der Waals surface area contributed by atoms with Crippen LogP contribution in [0.4, 0.5) is 0 Å². The Balaban J connectivity index is 2.28. The Morgan fingerprint density at radius 3 is 2.57 bits per heavy atom. The molecular formula is C15H24N2O3S. The van der Waals surface area contributed by atoms with Crippen LogP contribution in [0.3, 0.4) is 0 Å². The van der Waals surface area contributed by atoms with Crippen molar-refractivity contribution in [1.82, 2.24) is 4.31 Å². The van der Waals surface area contributed by atoms with Crippen LogP contribution in [-0.2, 0) is 16.6 Å². The molecule has 0 spiro atoms. The van der Waals surface area contributed by atoms with Crippen molar-refractivity contribution in [3.8, 4) is 5.75 Å². The van der Waals surface area contributed by atoms with Gasteiger partial charge < -0.3 is 10.5 Å². The normalized spacial score (nSPS) is 16.6. The number of benzene rings is 1. The molecule has 2 N–H and O–H groups in total. The van der Waals surface area contributed by atoms with Crippen LogP contribution in [0.2, 0.25) is 0 Å². The molecule has 5 nitrogen and oxygen atoms in total. The van der Waals surface area contributed by atoms with Crippen LogP contribution in [0, 0.1) is 5.92 Å². The SMILES string of the molecule is COc1ccc(CN)cc1S(=O)(=O)N(C)CC1CCCC1. The Morgan fingerprint density at radius 2 is 2.00 bits per heavy atom. The van der Waals surface area contributed by atoms with Gasteiger partial charge in [0.2, 0.25) is 10.0 Å². The van der Waals surface area contributed by atoms with Crippen molar-refractivity contribution in [2.75, 3.05) is 20.7 Å². The third-order valence-corrected chi connectivity index (χ3v) is 5.99. The van der Waals surface area contributed by atoms with Gasteiger partial charge in [0, 0.05) is 20.1 Å². The smallest absolute Gasteiger partial charge is 0.246 e. The summed E-state index contributed by atoms with van der Waals surface area (Å²) in [5.74, 6) is 0.832. The first kappa shape index (κ1) is 16.3. The molecule has 2 rings (SSSR count). The van der Waals surface area contributed by atoms with E-state index in [1.807, 2.05) is 0 Å². The summed E-state index contributed by atoms with van der Waals surface area (Å²) >= 11 is 0. The Hall–Kier alpha value is -1.11. The summed E-state index contributed by atoms with van der Waals surface area (Å²) in [7, 11) is -0.428. The second-order valence-electron chi connectivity index (χ2n) is 5.63. The van der Waals surface area contributed by atoms with Crippen LogP contribution in [0.25, 0.3) is 0 Å². The van der Waals surface area contributed by atoms with E-state index in [1.165, 1.54) is 24.3 Å². The van der Waals surface area contributed by atoms with Crippen LogP contribution < -0.4 is 10.5 Å². The van der Waals surface area contributed by atoms with Crippen molar-refractivity contribution in [2.45, 2.75) is 37.1 Å². The lowest BCUT2D eigenvalue weighted by Crippen LogP contribution is -2.31. The van der Waals surface area contributed by atoms with Crippen molar-refractivity contribution in [1.29, 1.82) is 0 Å². The van der Waals surface area contributed by atoms with Gasteiger partial charge in [0.05, 0.1) is 7.11 Å². The molecule has 0 aliphatic heterocycles. The number of rotatable bonds is 6. The number of sulfonamides is 1. The van der Waals surface area contributed by atoms with Gasteiger partial charge in [-0.3, -0.25) is 0 Å². The molecule has 21 heavy (non-hydrogen) atoms. The zero-order valence-corrected chi connectivity index (χ0v) is 13.5. The molecule has 0 amide bonds. The summed E-state index contributed by atoms with van der Waals surface area (Å²) in [6.45, 7) is 0.872. The second-order valence-corrected chi connectivity index (χ2v) is 7.64. The third kappa shape index (κ3) is 3.56. The molecule has 1 saturated carbocycles. The number of hydrogen-bond acceptors (Lipinski definition) is 4. The summed E-state index contributed by atoms with van der Waals surface area (Å²) in [6, 6.07) is 5.06. The standard InChI is InChI=1S/C15H24N2O3S/c1-17(11-12-5-3-4-6-12)21(18,19)15-9-13(10-16)7-8-14(15)20-2/h7-9,12H,3-6,10-11,16H2,1-2H3. The van der Waals surface area contributed by atoms with Crippen molar-refractivity contribution < 1.29 is 13.2 Å². The monoisotopic (exact) mass is 312 g/mol. The molecule has 0 saturated heterocycles. The van der Waals surface area contributed by atoms with Crippen LogP contribution in [-0.4, -0.2) is 33.4 Å². The minimum atomic E-state index is -3.55. The van der Waals surface area contributed by atoms with E-state index in [0.29, 0.717) is 24.8 Å². The van der Waals surface area contributed by atoms with Gasteiger partial charge in [-0.2, -0.15) is 0 Å². The van der Waals surface area contributed by atoms with E-state index in [0.717, 1.165) is 18.4 Å². The fourth-order valence-corrected chi connectivity index (χ4v) is 4.32. The third-order valence-electron chi connectivity index (χ3n) is 4.14. The van der Waals surface area contributed by atoms with Crippen LogP contribution in [0.15, 0.2) is 23.1 Å². The molecule has 0 heterocycles. The van der Waals surface area contributed by atoms with Gasteiger partial charge in [0.25, 0.3) is 0 Å². The first-order valence-electron chi connectivity index (χ1n) is 7.32. The molecule has 1 fully saturated rings. The fourth-order valence-electron chi connectivity index (χ4n) is 2.87. The first-order chi connectivity index (χ1) is 9.98. The predicted molar refractivity (Wildman–Crippen MR) is 82.7 cm³/mol. The van der Waals surface area contributed by atoms with Gasteiger partial charge in [-0.1, -0.05) is 18.9 Å². The largest absolute Gasteiger partial charge is 0.495 e. The van der Waals surface area contributed by atoms with Crippen LogP contribution in [0.5, 0.6) is 5.75 Å². The average molecular weight is 312 g/mol. The zero-order valence-electron chi connectivity index (χ0n) is 12.7. The molecule has 1 aromatic rings. The Morgan fingerprint density at radius 1 is 1.33 bits per heavy atom. The summed E-state index contributed by atoms with van der Waals surface area (Å²) in [5.41, 5.74) is 6.39. The molecule has 1 aliphatic rings. The lowest BCUT2D eigenvalue weighted by molar-refractivity contribution is 0.377. The van der Waals surface area contributed by atoms with E-state index < -0.39 is 10.0 Å². The highest BCUT2D eigenvalue weighted by Crippen LogP contribution is 2.30. The Labute approximate surface area is 127 Å². The number of methoxy groups -OCH3 is 1. The molecule has 118 valence electrons. The van der Waals surface area contributed by atoms with Gasteiger partial charge >= 0.3 is 0 Å². The van der Waals surface area contributed by atoms with E-state index in [9.17, 15) is 8.42 Å². The maximum atomic E-state index is 12.8. The van der Waals surface area contributed by atoms with Crippen LogP contribution >= 0.6 is 0 Å². The molecule has 1 aliphatic carbocycles. The average Bonchev–Trinajstić information content (AvgIpc) is 2.99. The minimum absolute atomic E-state index is 0.202. The summed E-state index contributed by atoms with van der Waals surface area (Å²) in [6.07, 6.45) is 4.62. The maximum absolute atomic E-state index is 12.8. The first-order valence-corrected chi connectivity index (χ1v) is 8.76. The van der Waals surface area contributed by atoms with Crippen molar-refractivity contribution in [3.05, 3.63) is 23.8 Å². The highest BCUT2D eigenvalue weighted by Gasteiger charge is 2.28. The summed E-state index contributed by atoms with van der Waals surface area (Å²) in [4.78, 5) is 0.202. The highest BCUT2D eigenvalue weighted by molar-refractivity contribution is 7.89. The van der Waals surface area contributed by atoms with Gasteiger partial charge in [0.15, 0.2) is 0 Å². The van der Waals surface area contributed by atoms with Gasteiger partial charge in [0.1, 0.15) is 10.6 Å². The molecule has 6 heteroatoms. The lowest BCUT2D eigenvalue weighted by atomic mass is 10.1. The number of nitrogens with two attached hydrogens (primary N) is 1. The van der Waals surface area contributed by atoms with E-state index in [4.69, 9.17) is 10.5 Å². The molecule has 0 aromatic heterocycles. The van der Waals surface area contributed by atoms with Gasteiger partial charge in [-0.15, -0.1) is 0 Å². The molecule has 0 bridgehead atoms. The Kier molecular flexibility index (Phi) is 5.24. The predicted octanol–water partition coefficient (Wildman–Crippen LogP) is 1.96. The molecule has 0 unspecified atom stereocenters. The van der Waals surface area contributed by atoms with Crippen LogP contribution in [0.1, 0.15) is 31.2 Å². The summed E-state index contributed by atoms with van der Waals surface area (Å²) < 4.78 is 32.2. The molecular weight excluding hydrogens is 288 g/mol. The topological polar surface area (TPSA) is 72.6 Å². The van der Waals surface area contributed by atoms with Gasteiger partial charge in [-0.25, -0.2) is 12.7 Å². The number of ether oxygens (including phenoxy) is 1. The quantitative estimate of drug-likeness (QED) is 0.871. The van der Waals surface area contributed by atoms with Gasteiger partial charge in [-0.05, 0) is 36.5 Å². The molecule has 0 atom stereocenters. The van der Waals surface area contributed by atoms with E-state index in [-0.39, 0.29) is 4.90 Å². The number of nitrogens with zero attached hydrogens (tertiary/aromatic N) is 1. The maximum Gasteiger partial charge on any atom is 0.246 e. The van der Waals surface area contributed by atoms with E-state index >= 15 is 0 Å².